The van der Waals surface area contributed by atoms with Crippen molar-refractivity contribution in [1.82, 2.24) is 0 Å². The van der Waals surface area contributed by atoms with E-state index < -0.39 is 6.10 Å². The predicted molar refractivity (Wildman–Crippen MR) is 90.9 cm³/mol. The van der Waals surface area contributed by atoms with Gasteiger partial charge in [-0.15, -0.1) is 0 Å². The molecular weight excluding hydrogens is 370 g/mol. The van der Waals surface area contributed by atoms with Gasteiger partial charge in [0.05, 0.1) is 17.3 Å². The number of carbonyl (C=O) groups excluding carboxylic acids is 1. The molecule has 4 nitrogen and oxygen atoms in total. The van der Waals surface area contributed by atoms with Crippen LogP contribution in [0.25, 0.3) is 0 Å². The lowest BCUT2D eigenvalue weighted by Crippen LogP contribution is -2.30. The molecule has 1 unspecified atom stereocenters. The highest BCUT2D eigenvalue weighted by Gasteiger charge is 2.17. The first kappa shape index (κ1) is 16.6. The summed E-state index contributed by atoms with van der Waals surface area (Å²) in [6.45, 7) is 1.67. The van der Waals surface area contributed by atoms with Gasteiger partial charge in [-0.1, -0.05) is 23.7 Å². The van der Waals surface area contributed by atoms with Crippen LogP contribution in [0.15, 0.2) is 46.9 Å². The summed E-state index contributed by atoms with van der Waals surface area (Å²) in [5.41, 5.74) is 0.502. The van der Waals surface area contributed by atoms with E-state index >= 15 is 0 Å². The van der Waals surface area contributed by atoms with E-state index in [1.165, 1.54) is 7.11 Å². The number of ether oxygens (including phenoxy) is 2. The van der Waals surface area contributed by atoms with Crippen molar-refractivity contribution in [2.75, 3.05) is 12.4 Å². The Morgan fingerprint density at radius 3 is 2.64 bits per heavy atom. The first-order valence-corrected chi connectivity index (χ1v) is 7.74. The van der Waals surface area contributed by atoms with Crippen molar-refractivity contribution in [3.63, 3.8) is 0 Å². The van der Waals surface area contributed by atoms with E-state index in [4.69, 9.17) is 21.1 Å². The number of benzene rings is 2. The first-order chi connectivity index (χ1) is 10.5. The molecule has 6 heteroatoms. The zero-order chi connectivity index (χ0) is 16.1. The highest BCUT2D eigenvalue weighted by Crippen LogP contribution is 2.28. The largest absolute Gasteiger partial charge is 0.495 e. The van der Waals surface area contributed by atoms with Gasteiger partial charge in [0.15, 0.2) is 6.10 Å². The maximum atomic E-state index is 12.3. The highest BCUT2D eigenvalue weighted by molar-refractivity contribution is 9.10. The number of para-hydroxylation sites is 1. The first-order valence-electron chi connectivity index (χ1n) is 6.57. The molecule has 0 aromatic heterocycles. The number of halogens is 2. The van der Waals surface area contributed by atoms with Gasteiger partial charge in [-0.2, -0.15) is 0 Å². The smallest absolute Gasteiger partial charge is 0.265 e. The number of amides is 1. The highest BCUT2D eigenvalue weighted by atomic mass is 79.9. The van der Waals surface area contributed by atoms with Gasteiger partial charge in [0.1, 0.15) is 11.5 Å². The van der Waals surface area contributed by atoms with Gasteiger partial charge in [0, 0.05) is 5.02 Å². The summed E-state index contributed by atoms with van der Waals surface area (Å²) in [7, 11) is 1.53. The molecule has 2 aromatic rings. The number of rotatable bonds is 5. The normalized spacial score (nSPS) is 11.6. The topological polar surface area (TPSA) is 47.6 Å². The number of carbonyl (C=O) groups is 1. The molecule has 0 aliphatic rings. The van der Waals surface area contributed by atoms with Crippen LogP contribution in [0.4, 0.5) is 5.69 Å². The third-order valence-electron chi connectivity index (χ3n) is 2.93. The molecule has 1 atom stereocenters. The second kappa shape index (κ2) is 7.51. The van der Waals surface area contributed by atoms with Gasteiger partial charge in [0.25, 0.3) is 5.91 Å². The van der Waals surface area contributed by atoms with Crippen LogP contribution in [0.5, 0.6) is 11.5 Å². The Balaban J connectivity index is 2.09. The minimum atomic E-state index is -0.678. The summed E-state index contributed by atoms with van der Waals surface area (Å²) < 4.78 is 11.6. The molecule has 0 saturated carbocycles. The molecule has 22 heavy (non-hydrogen) atoms. The molecule has 1 N–H and O–H groups in total. The lowest BCUT2D eigenvalue weighted by molar-refractivity contribution is -0.122. The number of anilines is 1. The standard InChI is InChI=1S/C16H15BrClNO3/c1-10(22-14-6-4-3-5-12(14)17)16(20)19-13-9-11(18)7-8-15(13)21-2/h3-10H,1-2H3,(H,19,20). The average molecular weight is 385 g/mol. The van der Waals surface area contributed by atoms with Gasteiger partial charge in [-0.05, 0) is 53.2 Å². The van der Waals surface area contributed by atoms with Crippen molar-refractivity contribution in [2.45, 2.75) is 13.0 Å². The molecule has 2 aromatic carbocycles. The summed E-state index contributed by atoms with van der Waals surface area (Å²) in [4.78, 5) is 12.3. The summed E-state index contributed by atoms with van der Waals surface area (Å²) in [6.07, 6.45) is -0.678. The van der Waals surface area contributed by atoms with Gasteiger partial charge < -0.3 is 14.8 Å². The van der Waals surface area contributed by atoms with Crippen LogP contribution in [0.3, 0.4) is 0 Å². The molecule has 0 spiro atoms. The molecule has 2 rings (SSSR count). The fraction of sp³-hybridized carbons (Fsp3) is 0.188. The van der Waals surface area contributed by atoms with Crippen LogP contribution in [-0.2, 0) is 4.79 Å². The van der Waals surface area contributed by atoms with E-state index in [0.717, 1.165) is 4.47 Å². The number of hydrogen-bond acceptors (Lipinski definition) is 3. The van der Waals surface area contributed by atoms with Crippen LogP contribution in [-0.4, -0.2) is 19.1 Å². The Bertz CT molecular complexity index is 678. The quantitative estimate of drug-likeness (QED) is 0.824. The van der Waals surface area contributed by atoms with E-state index in [9.17, 15) is 4.79 Å². The molecule has 0 aliphatic carbocycles. The third-order valence-corrected chi connectivity index (χ3v) is 3.82. The summed E-state index contributed by atoms with van der Waals surface area (Å²) in [5, 5.41) is 3.26. The third kappa shape index (κ3) is 4.15. The van der Waals surface area contributed by atoms with E-state index in [-0.39, 0.29) is 5.91 Å². The Hall–Kier alpha value is -1.72. The Kier molecular flexibility index (Phi) is 5.69. The molecule has 0 bridgehead atoms. The van der Waals surface area contributed by atoms with Crippen molar-refractivity contribution in [3.8, 4) is 11.5 Å². The zero-order valence-corrected chi connectivity index (χ0v) is 14.4. The molecule has 116 valence electrons. The molecule has 0 saturated heterocycles. The number of methoxy groups -OCH3 is 1. The Labute approximate surface area is 142 Å². The lowest BCUT2D eigenvalue weighted by Gasteiger charge is -2.17. The average Bonchev–Trinajstić information content (AvgIpc) is 2.49. The van der Waals surface area contributed by atoms with Crippen molar-refractivity contribution in [2.24, 2.45) is 0 Å². The van der Waals surface area contributed by atoms with Crippen LogP contribution in [0, 0.1) is 0 Å². The molecule has 0 aliphatic heterocycles. The van der Waals surface area contributed by atoms with Gasteiger partial charge >= 0.3 is 0 Å². The van der Waals surface area contributed by atoms with Gasteiger partial charge in [0.2, 0.25) is 0 Å². The molecule has 0 fully saturated rings. The van der Waals surface area contributed by atoms with Crippen molar-refractivity contribution in [1.29, 1.82) is 0 Å². The maximum absolute atomic E-state index is 12.3. The van der Waals surface area contributed by atoms with E-state index in [2.05, 4.69) is 21.2 Å². The molecule has 0 heterocycles. The number of nitrogens with one attached hydrogen (secondary N) is 1. The van der Waals surface area contributed by atoms with Crippen LogP contribution in [0.2, 0.25) is 5.02 Å². The fourth-order valence-corrected chi connectivity index (χ4v) is 2.35. The van der Waals surface area contributed by atoms with Gasteiger partial charge in [-0.3, -0.25) is 4.79 Å². The van der Waals surface area contributed by atoms with Crippen LogP contribution < -0.4 is 14.8 Å². The van der Waals surface area contributed by atoms with Crippen LogP contribution in [0.1, 0.15) is 6.92 Å². The van der Waals surface area contributed by atoms with Gasteiger partial charge in [-0.25, -0.2) is 0 Å². The maximum Gasteiger partial charge on any atom is 0.265 e. The molecule has 1 amide bonds. The monoisotopic (exact) mass is 383 g/mol. The Morgan fingerprint density at radius 2 is 1.95 bits per heavy atom. The SMILES string of the molecule is COc1ccc(Cl)cc1NC(=O)C(C)Oc1ccccc1Br. The van der Waals surface area contributed by atoms with E-state index in [1.807, 2.05) is 18.2 Å². The predicted octanol–water partition coefficient (Wildman–Crippen LogP) is 4.52. The summed E-state index contributed by atoms with van der Waals surface area (Å²) in [5.74, 6) is 0.838. The van der Waals surface area contributed by atoms with E-state index in [0.29, 0.717) is 22.2 Å². The second-order valence-electron chi connectivity index (χ2n) is 4.52. The molecular formula is C16H15BrClNO3. The van der Waals surface area contributed by atoms with Crippen molar-refractivity contribution in [3.05, 3.63) is 52.0 Å². The Morgan fingerprint density at radius 1 is 1.23 bits per heavy atom. The summed E-state index contributed by atoms with van der Waals surface area (Å²) in [6, 6.07) is 12.4. The minimum absolute atomic E-state index is 0.295. The minimum Gasteiger partial charge on any atom is -0.495 e. The molecule has 0 radical (unpaired) electrons. The fourth-order valence-electron chi connectivity index (χ4n) is 1.80. The lowest BCUT2D eigenvalue weighted by atomic mass is 10.2. The summed E-state index contributed by atoms with van der Waals surface area (Å²) >= 11 is 9.32. The zero-order valence-electron chi connectivity index (χ0n) is 12.1. The van der Waals surface area contributed by atoms with Crippen LogP contribution >= 0.6 is 27.5 Å². The second-order valence-corrected chi connectivity index (χ2v) is 5.82. The van der Waals surface area contributed by atoms with Crippen molar-refractivity contribution >= 4 is 39.1 Å². The number of hydrogen-bond donors (Lipinski definition) is 1. The van der Waals surface area contributed by atoms with Crippen molar-refractivity contribution < 1.29 is 14.3 Å². The van der Waals surface area contributed by atoms with E-state index in [1.54, 1.807) is 31.2 Å².